The van der Waals surface area contributed by atoms with E-state index < -0.39 is 0 Å². The summed E-state index contributed by atoms with van der Waals surface area (Å²) in [5, 5.41) is 12.2. The van der Waals surface area contributed by atoms with Gasteiger partial charge in [-0.05, 0) is 17.7 Å². The van der Waals surface area contributed by atoms with Crippen LogP contribution in [0.1, 0.15) is 17.2 Å². The molecule has 1 atom stereocenters. The first-order valence-corrected chi connectivity index (χ1v) is 9.02. The second-order valence-corrected chi connectivity index (χ2v) is 6.34. The van der Waals surface area contributed by atoms with E-state index in [0.29, 0.717) is 31.1 Å². The SMILES string of the molecule is N#Cc1ccccc1OCC(=O)N[C@H](CN1CCOCC1)c1ccccc1. The Labute approximate surface area is 159 Å². The van der Waals surface area contributed by atoms with E-state index in [-0.39, 0.29) is 18.6 Å². The number of carbonyl (C=O) groups excluding carboxylic acids is 1. The second kappa shape index (κ2) is 9.72. The number of nitriles is 1. The number of para-hydroxylation sites is 1. The smallest absolute Gasteiger partial charge is 0.258 e. The highest BCUT2D eigenvalue weighted by Crippen LogP contribution is 2.17. The van der Waals surface area contributed by atoms with Crippen LogP contribution in [-0.4, -0.2) is 50.3 Å². The summed E-state index contributed by atoms with van der Waals surface area (Å²) < 4.78 is 11.0. The lowest BCUT2D eigenvalue weighted by molar-refractivity contribution is -0.124. The van der Waals surface area contributed by atoms with Crippen molar-refractivity contribution in [1.29, 1.82) is 5.26 Å². The van der Waals surface area contributed by atoms with Crippen molar-refractivity contribution in [2.24, 2.45) is 0 Å². The Bertz CT molecular complexity index is 783. The molecule has 0 aromatic heterocycles. The molecule has 140 valence electrons. The summed E-state index contributed by atoms with van der Waals surface area (Å²) in [4.78, 5) is 14.8. The summed E-state index contributed by atoms with van der Waals surface area (Å²) >= 11 is 0. The second-order valence-electron chi connectivity index (χ2n) is 6.34. The van der Waals surface area contributed by atoms with Gasteiger partial charge in [0.2, 0.25) is 0 Å². The van der Waals surface area contributed by atoms with E-state index in [1.807, 2.05) is 30.3 Å². The molecule has 0 bridgehead atoms. The Kier molecular flexibility index (Phi) is 6.80. The average molecular weight is 365 g/mol. The number of hydrogen-bond donors (Lipinski definition) is 1. The van der Waals surface area contributed by atoms with Crippen molar-refractivity contribution in [2.75, 3.05) is 39.5 Å². The molecule has 0 saturated carbocycles. The molecule has 1 fully saturated rings. The zero-order valence-electron chi connectivity index (χ0n) is 15.1. The monoisotopic (exact) mass is 365 g/mol. The molecule has 6 heteroatoms. The van der Waals surface area contributed by atoms with E-state index in [2.05, 4.69) is 16.3 Å². The molecule has 1 amide bonds. The van der Waals surface area contributed by atoms with Crippen LogP contribution in [0.5, 0.6) is 5.75 Å². The molecule has 6 nitrogen and oxygen atoms in total. The van der Waals surface area contributed by atoms with Crippen LogP contribution in [0.4, 0.5) is 0 Å². The van der Waals surface area contributed by atoms with Crippen LogP contribution in [0.25, 0.3) is 0 Å². The van der Waals surface area contributed by atoms with Gasteiger partial charge < -0.3 is 14.8 Å². The van der Waals surface area contributed by atoms with Crippen molar-refractivity contribution in [3.8, 4) is 11.8 Å². The molecule has 1 aliphatic rings. The average Bonchev–Trinajstić information content (AvgIpc) is 2.73. The van der Waals surface area contributed by atoms with Gasteiger partial charge in [0.15, 0.2) is 6.61 Å². The molecule has 1 heterocycles. The number of nitrogens with zero attached hydrogens (tertiary/aromatic N) is 2. The Morgan fingerprint density at radius 1 is 1.15 bits per heavy atom. The zero-order chi connectivity index (χ0) is 18.9. The maximum Gasteiger partial charge on any atom is 0.258 e. The van der Waals surface area contributed by atoms with Crippen molar-refractivity contribution in [1.82, 2.24) is 10.2 Å². The van der Waals surface area contributed by atoms with E-state index in [1.54, 1.807) is 24.3 Å². The molecule has 1 N–H and O–H groups in total. The summed E-state index contributed by atoms with van der Waals surface area (Å²) in [6.07, 6.45) is 0. The highest BCUT2D eigenvalue weighted by atomic mass is 16.5. The normalized spacial score (nSPS) is 15.5. The van der Waals surface area contributed by atoms with Crippen molar-refractivity contribution < 1.29 is 14.3 Å². The van der Waals surface area contributed by atoms with Gasteiger partial charge in [0.25, 0.3) is 5.91 Å². The first kappa shape index (κ1) is 18.9. The lowest BCUT2D eigenvalue weighted by Gasteiger charge is -2.31. The van der Waals surface area contributed by atoms with Crippen LogP contribution in [0.15, 0.2) is 54.6 Å². The number of nitrogens with one attached hydrogen (secondary N) is 1. The maximum atomic E-state index is 12.5. The fourth-order valence-corrected chi connectivity index (χ4v) is 3.03. The Hall–Kier alpha value is -2.88. The first-order valence-electron chi connectivity index (χ1n) is 9.02. The Morgan fingerprint density at radius 2 is 1.85 bits per heavy atom. The summed E-state index contributed by atoms with van der Waals surface area (Å²) in [5.41, 5.74) is 1.47. The van der Waals surface area contributed by atoms with Gasteiger partial charge in [0.1, 0.15) is 11.8 Å². The lowest BCUT2D eigenvalue weighted by Crippen LogP contribution is -2.44. The van der Waals surface area contributed by atoms with Gasteiger partial charge in [-0.25, -0.2) is 0 Å². The molecule has 0 radical (unpaired) electrons. The molecule has 3 rings (SSSR count). The predicted octanol–water partition coefficient (Wildman–Crippen LogP) is 2.13. The molecule has 2 aromatic carbocycles. The minimum atomic E-state index is -0.218. The van der Waals surface area contributed by atoms with Crippen LogP contribution >= 0.6 is 0 Å². The van der Waals surface area contributed by atoms with Crippen molar-refractivity contribution in [3.05, 3.63) is 65.7 Å². The molecule has 27 heavy (non-hydrogen) atoms. The number of hydrogen-bond acceptors (Lipinski definition) is 5. The number of amides is 1. The summed E-state index contributed by atoms with van der Waals surface area (Å²) in [6.45, 7) is 3.71. The third-order valence-corrected chi connectivity index (χ3v) is 4.45. The minimum Gasteiger partial charge on any atom is -0.482 e. The topological polar surface area (TPSA) is 74.6 Å². The maximum absolute atomic E-state index is 12.5. The van der Waals surface area contributed by atoms with E-state index >= 15 is 0 Å². The van der Waals surface area contributed by atoms with Gasteiger partial charge in [-0.1, -0.05) is 42.5 Å². The highest BCUT2D eigenvalue weighted by molar-refractivity contribution is 5.78. The van der Waals surface area contributed by atoms with Crippen LogP contribution < -0.4 is 10.1 Å². The molecule has 2 aromatic rings. The van der Waals surface area contributed by atoms with Gasteiger partial charge in [-0.3, -0.25) is 9.69 Å². The molecule has 1 saturated heterocycles. The molecular formula is C21H23N3O3. The van der Waals surface area contributed by atoms with Crippen LogP contribution in [-0.2, 0) is 9.53 Å². The fraction of sp³-hybridized carbons (Fsp3) is 0.333. The quantitative estimate of drug-likeness (QED) is 0.814. The van der Waals surface area contributed by atoms with E-state index in [4.69, 9.17) is 14.7 Å². The number of ether oxygens (including phenoxy) is 2. The van der Waals surface area contributed by atoms with E-state index in [0.717, 1.165) is 18.7 Å². The third-order valence-electron chi connectivity index (χ3n) is 4.45. The lowest BCUT2D eigenvalue weighted by atomic mass is 10.1. The Morgan fingerprint density at radius 3 is 2.59 bits per heavy atom. The van der Waals surface area contributed by atoms with E-state index in [1.165, 1.54) is 0 Å². The van der Waals surface area contributed by atoms with Crippen molar-refractivity contribution in [3.63, 3.8) is 0 Å². The largest absolute Gasteiger partial charge is 0.482 e. The standard InChI is InChI=1S/C21H23N3O3/c22-14-18-8-4-5-9-20(18)27-16-21(25)23-19(17-6-2-1-3-7-17)15-24-10-12-26-13-11-24/h1-9,19H,10-13,15-16H2,(H,23,25)/t19-/m1/s1. The fourth-order valence-electron chi connectivity index (χ4n) is 3.03. The first-order chi connectivity index (χ1) is 13.3. The number of morpholine rings is 1. The minimum absolute atomic E-state index is 0.133. The number of benzene rings is 2. The Balaban J connectivity index is 1.62. The number of rotatable bonds is 7. The summed E-state index contributed by atoms with van der Waals surface area (Å²) in [6, 6.07) is 18.7. The van der Waals surface area contributed by atoms with Crippen LogP contribution in [0, 0.1) is 11.3 Å². The molecule has 0 unspecified atom stereocenters. The molecule has 0 aliphatic carbocycles. The summed E-state index contributed by atoms with van der Waals surface area (Å²) in [7, 11) is 0. The van der Waals surface area contributed by atoms with Gasteiger partial charge in [0, 0.05) is 19.6 Å². The molecule has 0 spiro atoms. The van der Waals surface area contributed by atoms with E-state index in [9.17, 15) is 4.79 Å². The van der Waals surface area contributed by atoms with Gasteiger partial charge in [0.05, 0.1) is 24.8 Å². The van der Waals surface area contributed by atoms with Gasteiger partial charge in [-0.2, -0.15) is 5.26 Å². The van der Waals surface area contributed by atoms with Crippen LogP contribution in [0.3, 0.4) is 0 Å². The van der Waals surface area contributed by atoms with Crippen molar-refractivity contribution >= 4 is 5.91 Å². The van der Waals surface area contributed by atoms with Gasteiger partial charge in [-0.15, -0.1) is 0 Å². The number of carbonyl (C=O) groups is 1. The predicted molar refractivity (Wildman–Crippen MR) is 101 cm³/mol. The molecular weight excluding hydrogens is 342 g/mol. The summed E-state index contributed by atoms with van der Waals surface area (Å²) in [5.74, 6) is 0.199. The van der Waals surface area contributed by atoms with Crippen molar-refractivity contribution in [2.45, 2.75) is 6.04 Å². The third kappa shape index (κ3) is 5.55. The highest BCUT2D eigenvalue weighted by Gasteiger charge is 2.20. The van der Waals surface area contributed by atoms with Gasteiger partial charge >= 0.3 is 0 Å². The van der Waals surface area contributed by atoms with Crippen LogP contribution in [0.2, 0.25) is 0 Å². The zero-order valence-corrected chi connectivity index (χ0v) is 15.1. The molecule has 1 aliphatic heterocycles.